The van der Waals surface area contributed by atoms with Crippen LogP contribution in [0, 0.1) is 0 Å². The number of amides is 2. The first-order chi connectivity index (χ1) is 16.0. The molecule has 8 heteroatoms. The van der Waals surface area contributed by atoms with Crippen LogP contribution in [0.15, 0.2) is 60.8 Å². The largest absolute Gasteiger partial charge is 0.383 e. The molecule has 0 atom stereocenters. The summed E-state index contributed by atoms with van der Waals surface area (Å²) in [4.78, 5) is 37.3. The Balaban J connectivity index is 1.42. The van der Waals surface area contributed by atoms with Gasteiger partial charge in [0.1, 0.15) is 10.8 Å². The Hall–Kier alpha value is -3.78. The number of thiazole rings is 1. The SMILES string of the molecule is CC(=O)N1CCN(C(=O)c2cccc(-c3cnc(N)c(-c4nc5ccccc5s4)c3)c2)CC1. The zero-order chi connectivity index (χ0) is 22.9. The van der Waals surface area contributed by atoms with E-state index in [1.807, 2.05) is 54.6 Å². The van der Waals surface area contributed by atoms with E-state index in [1.54, 1.807) is 34.3 Å². The third kappa shape index (κ3) is 4.17. The number of para-hydroxylation sites is 1. The predicted molar refractivity (Wildman–Crippen MR) is 131 cm³/mol. The third-order valence-corrected chi connectivity index (χ3v) is 6.97. The molecule has 0 radical (unpaired) electrons. The molecule has 2 aromatic heterocycles. The lowest BCUT2D eigenvalue weighted by atomic mass is 10.0. The second-order valence-electron chi connectivity index (χ2n) is 8.02. The molecule has 2 aromatic carbocycles. The van der Waals surface area contributed by atoms with Crippen LogP contribution in [-0.4, -0.2) is 57.8 Å². The maximum absolute atomic E-state index is 13.1. The Morgan fingerprint density at radius 2 is 1.70 bits per heavy atom. The van der Waals surface area contributed by atoms with Crippen molar-refractivity contribution in [3.63, 3.8) is 0 Å². The summed E-state index contributed by atoms with van der Waals surface area (Å²) < 4.78 is 1.09. The Labute approximate surface area is 195 Å². The topological polar surface area (TPSA) is 92.4 Å². The van der Waals surface area contributed by atoms with Gasteiger partial charge in [-0.1, -0.05) is 24.3 Å². The monoisotopic (exact) mass is 457 g/mol. The number of nitrogens with zero attached hydrogens (tertiary/aromatic N) is 4. The zero-order valence-corrected chi connectivity index (χ0v) is 19.0. The Kier molecular flexibility index (Phi) is 5.51. The highest BCUT2D eigenvalue weighted by atomic mass is 32.1. The van der Waals surface area contributed by atoms with Crippen LogP contribution in [0.5, 0.6) is 0 Å². The molecule has 1 aliphatic heterocycles. The molecule has 2 N–H and O–H groups in total. The van der Waals surface area contributed by atoms with E-state index < -0.39 is 0 Å². The number of hydrogen-bond donors (Lipinski definition) is 1. The summed E-state index contributed by atoms with van der Waals surface area (Å²) >= 11 is 1.58. The Morgan fingerprint density at radius 1 is 0.939 bits per heavy atom. The van der Waals surface area contributed by atoms with E-state index in [0.717, 1.165) is 31.9 Å². The van der Waals surface area contributed by atoms with Crippen molar-refractivity contribution in [3.8, 4) is 21.7 Å². The van der Waals surface area contributed by atoms with Crippen LogP contribution in [0.1, 0.15) is 17.3 Å². The number of carbonyl (C=O) groups is 2. The number of fused-ring (bicyclic) bond motifs is 1. The molecule has 5 rings (SSSR count). The number of aromatic nitrogens is 2. The maximum Gasteiger partial charge on any atom is 0.253 e. The molecule has 33 heavy (non-hydrogen) atoms. The molecule has 1 saturated heterocycles. The summed E-state index contributed by atoms with van der Waals surface area (Å²) in [5.41, 5.74) is 10.3. The summed E-state index contributed by atoms with van der Waals surface area (Å²) in [5.74, 6) is 0.437. The number of hydrogen-bond acceptors (Lipinski definition) is 6. The van der Waals surface area contributed by atoms with E-state index in [2.05, 4.69) is 4.98 Å². The lowest BCUT2D eigenvalue weighted by molar-refractivity contribution is -0.130. The predicted octanol–water partition coefficient (Wildman–Crippen LogP) is 3.91. The zero-order valence-electron chi connectivity index (χ0n) is 18.2. The van der Waals surface area contributed by atoms with Gasteiger partial charge in [0.05, 0.1) is 15.8 Å². The molecular weight excluding hydrogens is 434 g/mol. The fraction of sp³-hybridized carbons (Fsp3) is 0.200. The maximum atomic E-state index is 13.1. The number of nitrogens with two attached hydrogens (primary N) is 1. The lowest BCUT2D eigenvalue weighted by Gasteiger charge is -2.34. The second-order valence-corrected chi connectivity index (χ2v) is 9.05. The number of pyridine rings is 1. The molecule has 1 aliphatic rings. The summed E-state index contributed by atoms with van der Waals surface area (Å²) in [6.07, 6.45) is 1.72. The summed E-state index contributed by atoms with van der Waals surface area (Å²) in [7, 11) is 0. The van der Waals surface area contributed by atoms with Gasteiger partial charge in [-0.15, -0.1) is 11.3 Å². The van der Waals surface area contributed by atoms with E-state index >= 15 is 0 Å². The second kappa shape index (κ2) is 8.63. The van der Waals surface area contributed by atoms with Crippen LogP contribution in [0.25, 0.3) is 31.9 Å². The molecule has 0 unspecified atom stereocenters. The molecule has 0 aliphatic carbocycles. The van der Waals surface area contributed by atoms with Crippen molar-refractivity contribution in [1.29, 1.82) is 0 Å². The van der Waals surface area contributed by atoms with Crippen molar-refractivity contribution in [2.45, 2.75) is 6.92 Å². The number of benzene rings is 2. The van der Waals surface area contributed by atoms with Crippen molar-refractivity contribution in [2.75, 3.05) is 31.9 Å². The highest BCUT2D eigenvalue weighted by Gasteiger charge is 2.23. The molecule has 1 fully saturated rings. The summed E-state index contributed by atoms with van der Waals surface area (Å²) in [6.45, 7) is 3.76. The third-order valence-electron chi connectivity index (χ3n) is 5.90. The van der Waals surface area contributed by atoms with Crippen LogP contribution in [-0.2, 0) is 4.79 Å². The molecular formula is C25H23N5O2S. The molecule has 7 nitrogen and oxygen atoms in total. The minimum absolute atomic E-state index is 0.0325. The van der Waals surface area contributed by atoms with Gasteiger partial charge >= 0.3 is 0 Å². The van der Waals surface area contributed by atoms with Crippen molar-refractivity contribution < 1.29 is 9.59 Å². The molecule has 3 heterocycles. The van der Waals surface area contributed by atoms with Gasteiger partial charge in [0.15, 0.2) is 0 Å². The van der Waals surface area contributed by atoms with Crippen LogP contribution in [0.4, 0.5) is 5.82 Å². The highest BCUT2D eigenvalue weighted by molar-refractivity contribution is 7.21. The van der Waals surface area contributed by atoms with Gasteiger partial charge in [0.2, 0.25) is 5.91 Å². The van der Waals surface area contributed by atoms with Crippen molar-refractivity contribution in [3.05, 3.63) is 66.4 Å². The van der Waals surface area contributed by atoms with Crippen LogP contribution in [0.3, 0.4) is 0 Å². The van der Waals surface area contributed by atoms with Crippen molar-refractivity contribution >= 4 is 39.2 Å². The smallest absolute Gasteiger partial charge is 0.253 e. The first-order valence-electron chi connectivity index (χ1n) is 10.8. The Morgan fingerprint density at radius 3 is 2.45 bits per heavy atom. The minimum Gasteiger partial charge on any atom is -0.383 e. The van der Waals surface area contributed by atoms with Crippen LogP contribution >= 0.6 is 11.3 Å². The normalized spacial score (nSPS) is 14.0. The number of nitrogen functional groups attached to an aromatic ring is 1. The fourth-order valence-electron chi connectivity index (χ4n) is 4.03. The first kappa shape index (κ1) is 21.1. The summed E-state index contributed by atoms with van der Waals surface area (Å²) in [6, 6.07) is 17.5. The number of piperazine rings is 1. The van der Waals surface area contributed by atoms with E-state index in [9.17, 15) is 9.59 Å². The van der Waals surface area contributed by atoms with Gasteiger partial charge in [-0.25, -0.2) is 9.97 Å². The summed E-state index contributed by atoms with van der Waals surface area (Å²) in [5, 5.41) is 0.818. The number of anilines is 1. The van der Waals surface area contributed by atoms with E-state index in [-0.39, 0.29) is 11.8 Å². The van der Waals surface area contributed by atoms with Gasteiger partial charge in [0, 0.05) is 50.4 Å². The number of rotatable bonds is 3. The standard InChI is InChI=1S/C25H23N5O2S/c1-16(31)29-9-11-30(12-10-29)25(32)18-6-4-5-17(13-18)19-14-20(23(26)27-15-19)24-28-21-7-2-3-8-22(21)33-24/h2-8,13-15H,9-12H2,1H3,(H2,26,27). The fourth-order valence-corrected chi connectivity index (χ4v) is 5.02. The van der Waals surface area contributed by atoms with E-state index in [0.29, 0.717) is 37.6 Å². The van der Waals surface area contributed by atoms with Crippen LogP contribution in [0.2, 0.25) is 0 Å². The average molecular weight is 458 g/mol. The van der Waals surface area contributed by atoms with Gasteiger partial charge < -0.3 is 15.5 Å². The van der Waals surface area contributed by atoms with Crippen molar-refractivity contribution in [2.24, 2.45) is 0 Å². The molecule has 0 saturated carbocycles. The van der Waals surface area contributed by atoms with Crippen LogP contribution < -0.4 is 5.73 Å². The van der Waals surface area contributed by atoms with Gasteiger partial charge in [0.25, 0.3) is 5.91 Å². The molecule has 0 spiro atoms. The highest BCUT2D eigenvalue weighted by Crippen LogP contribution is 2.35. The van der Waals surface area contributed by atoms with Gasteiger partial charge in [-0.2, -0.15) is 0 Å². The molecule has 166 valence electrons. The van der Waals surface area contributed by atoms with Gasteiger partial charge in [-0.3, -0.25) is 9.59 Å². The lowest BCUT2D eigenvalue weighted by Crippen LogP contribution is -2.50. The number of carbonyl (C=O) groups excluding carboxylic acids is 2. The quantitative estimate of drug-likeness (QED) is 0.504. The molecule has 2 amide bonds. The molecule has 0 bridgehead atoms. The Bertz CT molecular complexity index is 1320. The van der Waals surface area contributed by atoms with Crippen molar-refractivity contribution in [1.82, 2.24) is 19.8 Å². The molecule has 4 aromatic rings. The van der Waals surface area contributed by atoms with E-state index in [1.165, 1.54) is 0 Å². The minimum atomic E-state index is -0.0325. The first-order valence-corrected chi connectivity index (χ1v) is 11.6. The van der Waals surface area contributed by atoms with E-state index in [4.69, 9.17) is 10.7 Å². The van der Waals surface area contributed by atoms with Gasteiger partial charge in [-0.05, 0) is 35.9 Å². The average Bonchev–Trinajstić information content (AvgIpc) is 3.28.